The van der Waals surface area contributed by atoms with Gasteiger partial charge < -0.3 is 14.8 Å². The first-order chi connectivity index (χ1) is 13.6. The third-order valence-corrected chi connectivity index (χ3v) is 5.53. The van der Waals surface area contributed by atoms with E-state index in [2.05, 4.69) is 10.0 Å². The lowest BCUT2D eigenvalue weighted by Gasteiger charge is -2.15. The smallest absolute Gasteiger partial charge is 0.324 e. The molecular formula is C20H24N2O6S. The maximum Gasteiger partial charge on any atom is 0.324 e. The number of hydrogen-bond acceptors (Lipinski definition) is 6. The number of hydrogen-bond donors (Lipinski definition) is 2. The van der Waals surface area contributed by atoms with Crippen LogP contribution in [0.1, 0.15) is 25.0 Å². The van der Waals surface area contributed by atoms with Gasteiger partial charge in [-0.1, -0.05) is 11.6 Å². The molecule has 0 aromatic heterocycles. The van der Waals surface area contributed by atoms with Crippen molar-refractivity contribution in [2.24, 2.45) is 0 Å². The molecule has 156 valence electrons. The Morgan fingerprint density at radius 2 is 1.76 bits per heavy atom. The average Bonchev–Trinajstić information content (AvgIpc) is 2.65. The van der Waals surface area contributed by atoms with Crippen molar-refractivity contribution in [3.63, 3.8) is 0 Å². The van der Waals surface area contributed by atoms with E-state index in [0.717, 1.165) is 5.56 Å². The highest BCUT2D eigenvalue weighted by atomic mass is 32.2. The summed E-state index contributed by atoms with van der Waals surface area (Å²) >= 11 is 0. The first-order valence-electron chi connectivity index (χ1n) is 8.82. The van der Waals surface area contributed by atoms with Crippen LogP contribution in [0.25, 0.3) is 0 Å². The first-order valence-corrected chi connectivity index (χ1v) is 10.3. The molecule has 0 unspecified atom stereocenters. The summed E-state index contributed by atoms with van der Waals surface area (Å²) in [6.07, 6.45) is 0. The molecular weight excluding hydrogens is 396 g/mol. The van der Waals surface area contributed by atoms with Gasteiger partial charge >= 0.3 is 5.97 Å². The lowest BCUT2D eigenvalue weighted by atomic mass is 10.1. The molecule has 9 heteroatoms. The molecule has 2 aromatic carbocycles. The molecule has 2 rings (SSSR count). The molecule has 2 N–H and O–H groups in total. The number of sulfonamides is 1. The fraction of sp³-hybridized carbons (Fsp3) is 0.300. The normalized spacial score (nSPS) is 12.1. The summed E-state index contributed by atoms with van der Waals surface area (Å²) in [5.74, 6) is -0.400. The molecule has 2 aromatic rings. The lowest BCUT2D eigenvalue weighted by Crippen LogP contribution is -2.39. The second kappa shape index (κ2) is 9.53. The zero-order valence-electron chi connectivity index (χ0n) is 16.7. The van der Waals surface area contributed by atoms with Crippen LogP contribution in [-0.4, -0.2) is 33.4 Å². The maximum absolute atomic E-state index is 12.5. The van der Waals surface area contributed by atoms with Crippen LogP contribution in [0.15, 0.2) is 47.4 Å². The second-order valence-electron chi connectivity index (χ2n) is 6.47. The number of carbonyl (C=O) groups is 2. The number of aryl methyl sites for hydroxylation is 1. The minimum atomic E-state index is -3.94. The number of amides is 1. The van der Waals surface area contributed by atoms with E-state index in [4.69, 9.17) is 9.47 Å². The number of ether oxygens (including phenoxy) is 2. The van der Waals surface area contributed by atoms with Crippen LogP contribution in [0.3, 0.4) is 0 Å². The van der Waals surface area contributed by atoms with Crippen molar-refractivity contribution in [3.8, 4) is 5.75 Å². The quantitative estimate of drug-likeness (QED) is 0.635. The number of benzene rings is 2. The Kier molecular flexibility index (Phi) is 7.35. The maximum atomic E-state index is 12.5. The van der Waals surface area contributed by atoms with Gasteiger partial charge in [0.2, 0.25) is 15.9 Å². The van der Waals surface area contributed by atoms with Crippen LogP contribution >= 0.6 is 0 Å². The van der Waals surface area contributed by atoms with Gasteiger partial charge in [-0.3, -0.25) is 9.59 Å². The molecule has 0 aliphatic heterocycles. The van der Waals surface area contributed by atoms with E-state index in [1.165, 1.54) is 45.2 Å². The van der Waals surface area contributed by atoms with Crippen molar-refractivity contribution in [2.45, 2.75) is 38.3 Å². The number of anilines is 1. The average molecular weight is 420 g/mol. The molecule has 0 heterocycles. The van der Waals surface area contributed by atoms with E-state index >= 15 is 0 Å². The van der Waals surface area contributed by atoms with Crippen molar-refractivity contribution in [3.05, 3.63) is 53.6 Å². The van der Waals surface area contributed by atoms with E-state index < -0.39 is 22.0 Å². The SMILES string of the molecule is COc1ccc(C)cc1COC(=O)[C@H](C)NS(=O)(=O)c1ccc(NC(C)=O)cc1. The van der Waals surface area contributed by atoms with E-state index in [1.54, 1.807) is 6.07 Å². The summed E-state index contributed by atoms with van der Waals surface area (Å²) in [4.78, 5) is 23.2. The summed E-state index contributed by atoms with van der Waals surface area (Å²) < 4.78 is 37.7. The van der Waals surface area contributed by atoms with Crippen LogP contribution in [0.5, 0.6) is 5.75 Å². The molecule has 1 amide bonds. The molecule has 0 aliphatic carbocycles. The second-order valence-corrected chi connectivity index (χ2v) is 8.19. The highest BCUT2D eigenvalue weighted by molar-refractivity contribution is 7.89. The summed E-state index contributed by atoms with van der Waals surface area (Å²) in [6.45, 7) is 4.62. The zero-order valence-corrected chi connectivity index (χ0v) is 17.5. The van der Waals surface area contributed by atoms with Crippen LogP contribution in [0, 0.1) is 6.92 Å². The Morgan fingerprint density at radius 3 is 2.34 bits per heavy atom. The van der Waals surface area contributed by atoms with Crippen LogP contribution < -0.4 is 14.8 Å². The van der Waals surface area contributed by atoms with Crippen LogP contribution in [-0.2, 0) is 31.0 Å². The minimum Gasteiger partial charge on any atom is -0.496 e. The van der Waals surface area contributed by atoms with Crippen molar-refractivity contribution < 1.29 is 27.5 Å². The standard InChI is InChI=1S/C20H24N2O6S/c1-13-5-10-19(27-4)16(11-13)12-28-20(24)14(2)22-29(25,26)18-8-6-17(7-9-18)21-15(3)23/h5-11,14,22H,12H2,1-4H3,(H,21,23)/t14-/m0/s1. The van der Waals surface area contributed by atoms with Gasteiger partial charge in [0, 0.05) is 18.2 Å². The summed E-state index contributed by atoms with van der Waals surface area (Å²) in [6, 6.07) is 9.98. The highest BCUT2D eigenvalue weighted by Gasteiger charge is 2.23. The third kappa shape index (κ3) is 6.30. The molecule has 0 saturated heterocycles. The summed E-state index contributed by atoms with van der Waals surface area (Å²) in [5, 5.41) is 2.55. The van der Waals surface area contributed by atoms with Crippen molar-refractivity contribution >= 4 is 27.6 Å². The van der Waals surface area contributed by atoms with E-state index in [-0.39, 0.29) is 17.4 Å². The molecule has 0 spiro atoms. The largest absolute Gasteiger partial charge is 0.496 e. The Morgan fingerprint density at radius 1 is 1.10 bits per heavy atom. The van der Waals surface area contributed by atoms with Gasteiger partial charge in [-0.15, -0.1) is 0 Å². The number of esters is 1. The Balaban J connectivity index is 2.01. The van der Waals surface area contributed by atoms with Gasteiger partial charge in [-0.05, 0) is 50.2 Å². The van der Waals surface area contributed by atoms with Gasteiger partial charge in [0.15, 0.2) is 0 Å². The van der Waals surface area contributed by atoms with Crippen molar-refractivity contribution in [1.29, 1.82) is 0 Å². The molecule has 1 atom stereocenters. The summed E-state index contributed by atoms with van der Waals surface area (Å²) in [5.41, 5.74) is 2.13. The summed E-state index contributed by atoms with van der Waals surface area (Å²) in [7, 11) is -2.42. The Labute approximate surface area is 170 Å². The fourth-order valence-corrected chi connectivity index (χ4v) is 3.76. The molecule has 0 radical (unpaired) electrons. The van der Waals surface area contributed by atoms with E-state index in [0.29, 0.717) is 17.0 Å². The third-order valence-electron chi connectivity index (χ3n) is 3.98. The molecule has 8 nitrogen and oxygen atoms in total. The van der Waals surface area contributed by atoms with Gasteiger partial charge in [-0.2, -0.15) is 4.72 Å². The fourth-order valence-electron chi connectivity index (χ4n) is 2.56. The Hall–Kier alpha value is -2.91. The highest BCUT2D eigenvalue weighted by Crippen LogP contribution is 2.21. The number of methoxy groups -OCH3 is 1. The molecule has 0 saturated carbocycles. The van der Waals surface area contributed by atoms with Crippen molar-refractivity contribution in [1.82, 2.24) is 4.72 Å². The van der Waals surface area contributed by atoms with Crippen LogP contribution in [0.4, 0.5) is 5.69 Å². The van der Waals surface area contributed by atoms with Gasteiger partial charge in [0.1, 0.15) is 18.4 Å². The molecule has 29 heavy (non-hydrogen) atoms. The van der Waals surface area contributed by atoms with Gasteiger partial charge in [0.05, 0.1) is 12.0 Å². The molecule has 0 fully saturated rings. The van der Waals surface area contributed by atoms with Gasteiger partial charge in [0.25, 0.3) is 0 Å². The van der Waals surface area contributed by atoms with Crippen molar-refractivity contribution in [2.75, 3.05) is 12.4 Å². The molecule has 0 bridgehead atoms. The number of nitrogens with one attached hydrogen (secondary N) is 2. The topological polar surface area (TPSA) is 111 Å². The first kappa shape index (κ1) is 22.4. The monoisotopic (exact) mass is 420 g/mol. The zero-order chi connectivity index (χ0) is 21.6. The number of carbonyl (C=O) groups excluding carboxylic acids is 2. The predicted molar refractivity (Wildman–Crippen MR) is 108 cm³/mol. The predicted octanol–water partition coefficient (Wildman–Crippen LogP) is 2.37. The number of rotatable bonds is 8. The molecule has 0 aliphatic rings. The van der Waals surface area contributed by atoms with Crippen LogP contribution in [0.2, 0.25) is 0 Å². The van der Waals surface area contributed by atoms with E-state index in [9.17, 15) is 18.0 Å². The Bertz CT molecular complexity index is 987. The van der Waals surface area contributed by atoms with E-state index in [1.807, 2.05) is 19.1 Å². The minimum absolute atomic E-state index is 0.0356. The lowest BCUT2D eigenvalue weighted by molar-refractivity contribution is -0.146. The van der Waals surface area contributed by atoms with Gasteiger partial charge in [-0.25, -0.2) is 8.42 Å².